The van der Waals surface area contributed by atoms with Crippen molar-refractivity contribution in [3.05, 3.63) is 0 Å². The Kier molecular flexibility index (Phi) is 14.7. The third-order valence-corrected chi connectivity index (χ3v) is 1.51. The Hall–Kier alpha value is 1.15. The maximum atomic E-state index is 10.1. The van der Waals surface area contributed by atoms with Crippen LogP contribution >= 0.6 is 0 Å². The molecule has 0 fully saturated rings. The van der Waals surface area contributed by atoms with Crippen molar-refractivity contribution in [2.45, 2.75) is 24.4 Å². The average Bonchev–Trinajstić information content (AvgIpc) is 2.12. The van der Waals surface area contributed by atoms with E-state index in [-0.39, 0.29) is 57.2 Å². The monoisotopic (exact) mass is 302 g/mol. The Bertz CT molecular complexity index is 181. The van der Waals surface area contributed by atoms with Crippen LogP contribution in [0.4, 0.5) is 0 Å². The minimum absolute atomic E-state index is 0. The quantitative estimate of drug-likeness (QED) is 0.282. The maximum absolute atomic E-state index is 10.1. The van der Waals surface area contributed by atoms with Crippen molar-refractivity contribution in [2.24, 2.45) is 0 Å². The Morgan fingerprint density at radius 3 is 1.73 bits per heavy atom. The summed E-state index contributed by atoms with van der Waals surface area (Å²) in [5, 5.41) is 51.8. The van der Waals surface area contributed by atoms with Gasteiger partial charge in [-0.25, -0.2) is 4.79 Å². The SMILES string of the molecule is O=C(O)C(O)C(O)C(O)C(O)CO.[CaH2].[Zn]. The molecule has 0 saturated carbocycles. The van der Waals surface area contributed by atoms with Crippen LogP contribution in [0.1, 0.15) is 0 Å². The fourth-order valence-corrected chi connectivity index (χ4v) is 0.668. The summed E-state index contributed by atoms with van der Waals surface area (Å²) in [6, 6.07) is 0. The van der Waals surface area contributed by atoms with Crippen LogP contribution in [-0.2, 0) is 24.3 Å². The summed E-state index contributed by atoms with van der Waals surface area (Å²) in [7, 11) is 0. The molecule has 6 N–H and O–H groups in total. The van der Waals surface area contributed by atoms with E-state index >= 15 is 0 Å². The molecule has 15 heavy (non-hydrogen) atoms. The molecule has 0 amide bonds. The van der Waals surface area contributed by atoms with Gasteiger partial charge in [-0.3, -0.25) is 0 Å². The number of hydrogen-bond acceptors (Lipinski definition) is 6. The molecule has 0 bridgehead atoms. The summed E-state index contributed by atoms with van der Waals surface area (Å²) in [6.07, 6.45) is -7.84. The normalized spacial score (nSPS) is 17.7. The zero-order chi connectivity index (χ0) is 10.6. The molecule has 0 aromatic heterocycles. The molecule has 0 aromatic carbocycles. The molecule has 0 heterocycles. The molecule has 0 rings (SSSR count). The van der Waals surface area contributed by atoms with E-state index in [1.54, 1.807) is 0 Å². The van der Waals surface area contributed by atoms with Gasteiger partial charge in [0, 0.05) is 19.5 Å². The number of carbonyl (C=O) groups is 1. The molecule has 0 spiro atoms. The summed E-state index contributed by atoms with van der Waals surface area (Å²) in [4.78, 5) is 10.1. The van der Waals surface area contributed by atoms with Crippen LogP contribution in [0, 0.1) is 0 Å². The van der Waals surface area contributed by atoms with E-state index in [4.69, 9.17) is 30.6 Å². The molecule has 0 aliphatic rings. The van der Waals surface area contributed by atoms with Crippen molar-refractivity contribution in [2.75, 3.05) is 6.61 Å². The van der Waals surface area contributed by atoms with Gasteiger partial charge in [0.05, 0.1) is 6.61 Å². The molecular weight excluding hydrogens is 290 g/mol. The first-order chi connectivity index (χ1) is 5.91. The van der Waals surface area contributed by atoms with Crippen molar-refractivity contribution in [3.63, 3.8) is 0 Å². The molecular formula is C6H14CaO7Zn. The largest absolute Gasteiger partial charge is 0 e. The number of hydrogen-bond donors (Lipinski definition) is 6. The van der Waals surface area contributed by atoms with Crippen molar-refractivity contribution < 1.29 is 54.9 Å². The molecule has 0 aliphatic heterocycles. The maximum Gasteiger partial charge on any atom is 0 e. The molecule has 9 heteroatoms. The van der Waals surface area contributed by atoms with Crippen molar-refractivity contribution in [1.29, 1.82) is 0 Å². The van der Waals surface area contributed by atoms with Crippen LogP contribution in [-0.4, -0.2) is 105 Å². The fraction of sp³-hybridized carbons (Fsp3) is 0.833. The fourth-order valence-electron chi connectivity index (χ4n) is 0.668. The van der Waals surface area contributed by atoms with Gasteiger partial charge in [0.1, 0.15) is 18.3 Å². The van der Waals surface area contributed by atoms with Crippen LogP contribution in [0.2, 0.25) is 0 Å². The minimum Gasteiger partial charge on any atom is 0 e. The summed E-state index contributed by atoms with van der Waals surface area (Å²) < 4.78 is 0. The van der Waals surface area contributed by atoms with Crippen LogP contribution < -0.4 is 0 Å². The number of carboxylic acids is 1. The number of aliphatic hydroxyl groups excluding tert-OH is 5. The molecule has 7 nitrogen and oxygen atoms in total. The van der Waals surface area contributed by atoms with E-state index in [1.807, 2.05) is 0 Å². The molecule has 0 aromatic rings. The third kappa shape index (κ3) is 7.15. The topological polar surface area (TPSA) is 138 Å². The standard InChI is InChI=1S/C6H12O7.Ca.Zn.2H/c7-1-2(8)3(9)4(10)5(11)6(12)13;;;;/h2-5,7-11H,1H2,(H,12,13);;;;. The second kappa shape index (κ2) is 10.3. The van der Waals surface area contributed by atoms with Crippen molar-refractivity contribution in [3.8, 4) is 0 Å². The zero-order valence-corrected chi connectivity index (χ0v) is 10.3. The summed E-state index contributed by atoms with van der Waals surface area (Å²) in [5.74, 6) is -1.73. The first-order valence-electron chi connectivity index (χ1n) is 3.47. The second-order valence-corrected chi connectivity index (χ2v) is 2.51. The van der Waals surface area contributed by atoms with E-state index in [0.29, 0.717) is 0 Å². The van der Waals surface area contributed by atoms with Crippen molar-refractivity contribution in [1.82, 2.24) is 0 Å². The van der Waals surface area contributed by atoms with Crippen LogP contribution in [0.25, 0.3) is 0 Å². The van der Waals surface area contributed by atoms with Crippen LogP contribution in [0.3, 0.4) is 0 Å². The third-order valence-electron chi connectivity index (χ3n) is 1.51. The zero-order valence-electron chi connectivity index (χ0n) is 7.32. The van der Waals surface area contributed by atoms with E-state index in [2.05, 4.69) is 0 Å². The van der Waals surface area contributed by atoms with E-state index in [1.165, 1.54) is 0 Å². The molecule has 4 atom stereocenters. The Morgan fingerprint density at radius 2 is 1.47 bits per heavy atom. The minimum atomic E-state index is -2.20. The van der Waals surface area contributed by atoms with Gasteiger partial charge >= 0.3 is 43.7 Å². The molecule has 4 unspecified atom stereocenters. The molecule has 84 valence electrons. The first kappa shape index (κ1) is 21.4. The smallest absolute Gasteiger partial charge is 0 e. The number of aliphatic hydroxyl groups is 5. The van der Waals surface area contributed by atoms with E-state index in [9.17, 15) is 4.79 Å². The van der Waals surface area contributed by atoms with Gasteiger partial charge < -0.3 is 30.6 Å². The van der Waals surface area contributed by atoms with Gasteiger partial charge in [0.15, 0.2) is 6.10 Å². The Labute approximate surface area is 128 Å². The van der Waals surface area contributed by atoms with Gasteiger partial charge in [-0.2, -0.15) is 0 Å². The van der Waals surface area contributed by atoms with Gasteiger partial charge in [0.2, 0.25) is 0 Å². The number of aliphatic carboxylic acids is 1. The second-order valence-electron chi connectivity index (χ2n) is 2.51. The predicted molar refractivity (Wildman–Crippen MR) is 47.3 cm³/mol. The van der Waals surface area contributed by atoms with Crippen molar-refractivity contribution >= 4 is 43.7 Å². The van der Waals surface area contributed by atoms with Crippen LogP contribution in [0.15, 0.2) is 0 Å². The van der Waals surface area contributed by atoms with Gasteiger partial charge in [-0.15, -0.1) is 0 Å². The summed E-state index contributed by atoms with van der Waals surface area (Å²) in [5.41, 5.74) is 0. The van der Waals surface area contributed by atoms with Gasteiger partial charge in [-0.1, -0.05) is 0 Å². The predicted octanol–water partition coefficient (Wildman–Crippen LogP) is -4.41. The molecule has 0 aliphatic carbocycles. The summed E-state index contributed by atoms with van der Waals surface area (Å²) >= 11 is 0. The average molecular weight is 304 g/mol. The van der Waals surface area contributed by atoms with Gasteiger partial charge in [-0.05, 0) is 0 Å². The Balaban J connectivity index is -0.000000720. The Morgan fingerprint density at radius 1 is 1.07 bits per heavy atom. The molecule has 0 radical (unpaired) electrons. The number of carboxylic acid groups (broad SMARTS) is 1. The van der Waals surface area contributed by atoms with E-state index in [0.717, 1.165) is 0 Å². The first-order valence-corrected chi connectivity index (χ1v) is 3.47. The van der Waals surface area contributed by atoms with Gasteiger partial charge in [0.25, 0.3) is 0 Å². The van der Waals surface area contributed by atoms with E-state index < -0.39 is 37.0 Å². The van der Waals surface area contributed by atoms with Crippen LogP contribution in [0.5, 0.6) is 0 Å². The number of rotatable bonds is 5. The summed E-state index contributed by atoms with van der Waals surface area (Å²) in [6.45, 7) is -0.843. The molecule has 0 saturated heterocycles.